The summed E-state index contributed by atoms with van der Waals surface area (Å²) in [5.41, 5.74) is -0.453. The van der Waals surface area contributed by atoms with Crippen LogP contribution in [-0.2, 0) is 12.8 Å². The first kappa shape index (κ1) is 26.3. The largest absolute Gasteiger partial charge is 0.494 e. The third kappa shape index (κ3) is 5.59. The lowest BCUT2D eigenvalue weighted by atomic mass is 9.96. The van der Waals surface area contributed by atoms with Crippen molar-refractivity contribution in [2.24, 2.45) is 0 Å². The normalized spacial score (nSPS) is 12.6. The third-order valence-corrected chi connectivity index (χ3v) is 8.43. The van der Waals surface area contributed by atoms with Crippen molar-refractivity contribution >= 4 is 34.5 Å². The molecule has 0 bridgehead atoms. The Morgan fingerprint density at radius 1 is 0.667 bits per heavy atom. The van der Waals surface area contributed by atoms with Gasteiger partial charge in [0, 0.05) is 9.75 Å². The van der Waals surface area contributed by atoms with Gasteiger partial charge in [-0.15, -0.1) is 22.7 Å². The van der Waals surface area contributed by atoms with Crippen LogP contribution in [0, 0.1) is 0 Å². The maximum Gasteiger partial charge on any atom is 0.347 e. The van der Waals surface area contributed by atoms with E-state index in [1.165, 1.54) is 22.7 Å². The van der Waals surface area contributed by atoms with Gasteiger partial charge in [0.1, 0.15) is 0 Å². The molecule has 0 aliphatic rings. The fourth-order valence-corrected chi connectivity index (χ4v) is 6.19. The summed E-state index contributed by atoms with van der Waals surface area (Å²) in [5.74, 6) is -3.92. The molecule has 0 aliphatic heterocycles. The second-order valence-electron chi connectivity index (χ2n) is 8.99. The van der Waals surface area contributed by atoms with Crippen molar-refractivity contribution in [1.29, 1.82) is 0 Å². The predicted octanol–water partition coefficient (Wildman–Crippen LogP) is 5.17. The van der Waals surface area contributed by atoms with Crippen LogP contribution in [0.2, 0.25) is 0 Å². The fourth-order valence-electron chi connectivity index (χ4n) is 4.55. The molecule has 0 spiro atoms. The van der Waals surface area contributed by atoms with Crippen molar-refractivity contribution in [2.45, 2.75) is 24.7 Å². The zero-order valence-corrected chi connectivity index (χ0v) is 22.3. The van der Waals surface area contributed by atoms with Gasteiger partial charge in [-0.2, -0.15) is 9.13 Å². The number of benzene rings is 2. The van der Waals surface area contributed by atoms with E-state index in [0.717, 1.165) is 17.2 Å². The monoisotopic (exact) mass is 556 g/mol. The first-order chi connectivity index (χ1) is 18.9. The maximum absolute atomic E-state index is 13.8. The van der Waals surface area contributed by atoms with Crippen LogP contribution in [0.1, 0.15) is 42.3 Å². The number of aromatic nitrogens is 2. The van der Waals surface area contributed by atoms with Gasteiger partial charge in [-0.25, -0.2) is 4.79 Å². The van der Waals surface area contributed by atoms with Crippen LogP contribution in [-0.4, -0.2) is 26.1 Å². The summed E-state index contributed by atoms with van der Waals surface area (Å²) in [6.07, 6.45) is 0.525. The van der Waals surface area contributed by atoms with Gasteiger partial charge in [-0.3, -0.25) is 14.4 Å². The van der Waals surface area contributed by atoms with E-state index in [-0.39, 0.29) is 12.8 Å². The lowest BCUT2D eigenvalue weighted by molar-refractivity contribution is 0.0837. The van der Waals surface area contributed by atoms with Gasteiger partial charge in [0.25, 0.3) is 5.56 Å². The Bertz CT molecular complexity index is 1690. The first-order valence-corrected chi connectivity index (χ1v) is 14.0. The molecule has 196 valence electrons. The van der Waals surface area contributed by atoms with Gasteiger partial charge in [-0.1, -0.05) is 72.8 Å². The lowest BCUT2D eigenvalue weighted by Gasteiger charge is -2.19. The number of nitrogens with zero attached hydrogens (tertiary/aromatic N) is 2. The Kier molecular flexibility index (Phi) is 7.81. The quantitative estimate of drug-likeness (QED) is 0.284. The second-order valence-corrected chi connectivity index (χ2v) is 10.9. The van der Waals surface area contributed by atoms with Gasteiger partial charge >= 0.3 is 5.69 Å². The average Bonchev–Trinajstić information content (AvgIpc) is 3.66. The van der Waals surface area contributed by atoms with Gasteiger partial charge in [0.15, 0.2) is 0 Å². The molecule has 0 saturated heterocycles. The van der Waals surface area contributed by atoms with Crippen LogP contribution >= 0.6 is 22.7 Å². The van der Waals surface area contributed by atoms with Crippen LogP contribution in [0.15, 0.2) is 111 Å². The molecule has 2 atom stereocenters. The number of hydrogen-bond acceptors (Lipinski definition) is 7. The molecular weight excluding hydrogens is 532 g/mol. The summed E-state index contributed by atoms with van der Waals surface area (Å²) in [5, 5.41) is 14.3. The van der Waals surface area contributed by atoms with E-state index < -0.39 is 40.8 Å². The summed E-state index contributed by atoms with van der Waals surface area (Å²) < 4.78 is 1.01. The molecule has 3 aromatic heterocycles. The van der Waals surface area contributed by atoms with E-state index in [2.05, 4.69) is 0 Å². The van der Waals surface area contributed by atoms with Crippen molar-refractivity contribution in [3.63, 3.8) is 0 Å². The molecule has 7 nitrogen and oxygen atoms in total. The standard InChI is InChI=1S/C30H24N2O5S2/c33-26-19-27(34)32(29(36)23(25-14-8-16-39-25)18-21-11-5-2-6-12-21)30(37)31(26)28(35)22(24-13-7-15-38-24)17-20-9-3-1-4-10-20/h1-16,19,22-23,33H,17-18H2. The van der Waals surface area contributed by atoms with Crippen molar-refractivity contribution in [3.8, 4) is 5.88 Å². The summed E-state index contributed by atoms with van der Waals surface area (Å²) >= 11 is 2.69. The summed E-state index contributed by atoms with van der Waals surface area (Å²) in [6.45, 7) is 0. The Morgan fingerprint density at radius 3 is 1.56 bits per heavy atom. The number of aromatic hydroxyl groups is 1. The highest BCUT2D eigenvalue weighted by atomic mass is 32.1. The summed E-state index contributed by atoms with van der Waals surface area (Å²) in [4.78, 5) is 55.7. The molecule has 0 aliphatic carbocycles. The maximum atomic E-state index is 13.8. The van der Waals surface area contributed by atoms with E-state index in [1.54, 1.807) is 24.3 Å². The Labute approximate surface area is 231 Å². The fraction of sp³-hybridized carbons (Fsp3) is 0.133. The van der Waals surface area contributed by atoms with Crippen LogP contribution in [0.4, 0.5) is 0 Å². The molecule has 1 N–H and O–H groups in total. The minimum absolute atomic E-state index is 0.257. The van der Waals surface area contributed by atoms with E-state index >= 15 is 0 Å². The summed E-state index contributed by atoms with van der Waals surface area (Å²) in [7, 11) is 0. The first-order valence-electron chi connectivity index (χ1n) is 12.2. The van der Waals surface area contributed by atoms with Gasteiger partial charge in [0.2, 0.25) is 17.7 Å². The van der Waals surface area contributed by atoms with E-state index in [4.69, 9.17) is 0 Å². The topological polar surface area (TPSA) is 98.4 Å². The Hall–Kier alpha value is -4.34. The van der Waals surface area contributed by atoms with Crippen LogP contribution in [0.25, 0.3) is 0 Å². The zero-order valence-electron chi connectivity index (χ0n) is 20.7. The van der Waals surface area contributed by atoms with Gasteiger partial charge in [0.05, 0.1) is 17.9 Å². The van der Waals surface area contributed by atoms with Crippen molar-refractivity contribution in [2.75, 3.05) is 0 Å². The average molecular weight is 557 g/mol. The smallest absolute Gasteiger partial charge is 0.347 e. The molecule has 0 amide bonds. The number of carbonyl (C=O) groups is 2. The van der Waals surface area contributed by atoms with Gasteiger partial charge in [-0.05, 0) is 46.9 Å². The molecular formula is C30H24N2O5S2. The van der Waals surface area contributed by atoms with Gasteiger partial charge < -0.3 is 5.11 Å². The van der Waals surface area contributed by atoms with Crippen molar-refractivity contribution < 1.29 is 14.7 Å². The zero-order chi connectivity index (χ0) is 27.4. The molecule has 3 heterocycles. The van der Waals surface area contributed by atoms with E-state index in [0.29, 0.717) is 18.9 Å². The highest BCUT2D eigenvalue weighted by Crippen LogP contribution is 2.29. The Morgan fingerprint density at radius 2 is 1.13 bits per heavy atom. The van der Waals surface area contributed by atoms with Crippen LogP contribution < -0.4 is 11.2 Å². The minimum Gasteiger partial charge on any atom is -0.494 e. The van der Waals surface area contributed by atoms with E-state index in [9.17, 15) is 24.3 Å². The minimum atomic E-state index is -1.18. The molecule has 5 rings (SSSR count). The molecule has 0 saturated carbocycles. The SMILES string of the molecule is O=C(C(Cc1ccccc1)c1cccs1)n1c(O)cc(=O)n(C(=O)C(Cc2ccccc2)c2cccs2)c1=O. The molecule has 2 aromatic carbocycles. The van der Waals surface area contributed by atoms with Crippen LogP contribution in [0.5, 0.6) is 5.88 Å². The molecule has 5 aromatic rings. The number of hydrogen-bond donors (Lipinski definition) is 1. The highest BCUT2D eigenvalue weighted by molar-refractivity contribution is 7.10. The lowest BCUT2D eigenvalue weighted by Crippen LogP contribution is -2.47. The third-order valence-electron chi connectivity index (χ3n) is 6.46. The highest BCUT2D eigenvalue weighted by Gasteiger charge is 2.32. The molecule has 39 heavy (non-hydrogen) atoms. The second kappa shape index (κ2) is 11.6. The number of carbonyl (C=O) groups excluding carboxylic acids is 2. The van der Waals surface area contributed by atoms with Crippen molar-refractivity contribution in [1.82, 2.24) is 9.13 Å². The van der Waals surface area contributed by atoms with Crippen molar-refractivity contribution in [3.05, 3.63) is 143 Å². The molecule has 0 radical (unpaired) electrons. The molecule has 2 unspecified atom stereocenters. The summed E-state index contributed by atoms with van der Waals surface area (Å²) in [6, 6.07) is 26.5. The number of rotatable bonds is 8. The molecule has 9 heteroatoms. The van der Waals surface area contributed by atoms with Crippen LogP contribution in [0.3, 0.4) is 0 Å². The number of thiophene rings is 2. The predicted molar refractivity (Wildman–Crippen MR) is 152 cm³/mol. The Balaban J connectivity index is 1.58. The molecule has 0 fully saturated rings. The van der Waals surface area contributed by atoms with E-state index in [1.807, 2.05) is 71.4 Å².